The van der Waals surface area contributed by atoms with Gasteiger partial charge in [-0.3, -0.25) is 14.5 Å². The van der Waals surface area contributed by atoms with Gasteiger partial charge in [-0.1, -0.05) is 0 Å². The van der Waals surface area contributed by atoms with E-state index in [9.17, 15) is 9.59 Å². The Kier molecular flexibility index (Phi) is 10.3. The van der Waals surface area contributed by atoms with Gasteiger partial charge in [-0.05, 0) is 35.7 Å². The number of piperazine rings is 1. The van der Waals surface area contributed by atoms with Crippen molar-refractivity contribution in [3.63, 3.8) is 0 Å². The van der Waals surface area contributed by atoms with Gasteiger partial charge in [0.1, 0.15) is 24.5 Å². The first-order valence-electron chi connectivity index (χ1n) is 10.2. The van der Waals surface area contributed by atoms with E-state index in [0.29, 0.717) is 17.9 Å². The van der Waals surface area contributed by atoms with Gasteiger partial charge in [-0.15, -0.1) is 36.2 Å². The maximum Gasteiger partial charge on any atom is 0.303 e. The van der Waals surface area contributed by atoms with E-state index in [1.807, 2.05) is 6.07 Å². The van der Waals surface area contributed by atoms with E-state index in [2.05, 4.69) is 25.1 Å². The molecule has 1 aliphatic heterocycles. The number of carbonyl (C=O) groups is 2. The number of carboxylic acids is 1. The van der Waals surface area contributed by atoms with Gasteiger partial charge in [0, 0.05) is 44.7 Å². The molecule has 0 radical (unpaired) electrons. The number of carbonyl (C=O) groups excluding carboxylic acids is 1. The monoisotopic (exact) mass is 512 g/mol. The topological polar surface area (TPSA) is 95.9 Å². The van der Waals surface area contributed by atoms with E-state index in [4.69, 9.17) is 9.84 Å². The lowest BCUT2D eigenvalue weighted by atomic mass is 10.1. The number of fused-ring (bicyclic) bond motifs is 1. The summed E-state index contributed by atoms with van der Waals surface area (Å²) in [6.45, 7) is 5.10. The van der Waals surface area contributed by atoms with E-state index in [0.717, 1.165) is 48.8 Å². The first-order valence-corrected chi connectivity index (χ1v) is 11.1. The number of halogens is 2. The van der Waals surface area contributed by atoms with Crippen molar-refractivity contribution in [1.82, 2.24) is 14.9 Å². The van der Waals surface area contributed by atoms with Gasteiger partial charge in [-0.25, -0.2) is 9.97 Å². The minimum absolute atomic E-state index is 0. The fourth-order valence-electron chi connectivity index (χ4n) is 3.58. The lowest BCUT2D eigenvalue weighted by Gasteiger charge is -2.35. The molecular weight excluding hydrogens is 487 g/mol. The third kappa shape index (κ3) is 7.01. The molecule has 33 heavy (non-hydrogen) atoms. The van der Waals surface area contributed by atoms with Crippen LogP contribution in [0.2, 0.25) is 0 Å². The SMILES string of the molecule is Cl.Cl.O=C(O)CCC(=O)c1ccc(OCCN2CCN(c3ncnc4ccsc34)CC2)cc1. The molecule has 0 atom stereocenters. The second-order valence-corrected chi connectivity index (χ2v) is 8.27. The van der Waals surface area contributed by atoms with Crippen LogP contribution in [0.3, 0.4) is 0 Å². The number of aliphatic carboxylic acids is 1. The van der Waals surface area contributed by atoms with E-state index in [-0.39, 0.29) is 43.4 Å². The smallest absolute Gasteiger partial charge is 0.303 e. The predicted octanol–water partition coefficient (Wildman–Crippen LogP) is 3.78. The summed E-state index contributed by atoms with van der Waals surface area (Å²) in [6, 6.07) is 8.91. The Morgan fingerprint density at radius 1 is 1.00 bits per heavy atom. The normalized spacial score (nSPS) is 13.8. The molecule has 1 N–H and O–H groups in total. The lowest BCUT2D eigenvalue weighted by molar-refractivity contribution is -0.136. The van der Waals surface area contributed by atoms with Crippen molar-refractivity contribution in [2.75, 3.05) is 44.2 Å². The van der Waals surface area contributed by atoms with E-state index in [1.165, 1.54) is 0 Å². The Morgan fingerprint density at radius 2 is 1.73 bits per heavy atom. The van der Waals surface area contributed by atoms with E-state index in [1.54, 1.807) is 41.9 Å². The molecule has 4 rings (SSSR count). The number of ketones is 1. The van der Waals surface area contributed by atoms with Gasteiger partial charge < -0.3 is 14.7 Å². The highest BCUT2D eigenvalue weighted by Crippen LogP contribution is 2.28. The largest absolute Gasteiger partial charge is 0.492 e. The number of carboxylic acid groups (broad SMARTS) is 1. The first kappa shape index (κ1) is 26.8. The fraction of sp³-hybridized carbons (Fsp3) is 0.364. The lowest BCUT2D eigenvalue weighted by Crippen LogP contribution is -2.47. The third-order valence-corrected chi connectivity index (χ3v) is 6.21. The number of ether oxygens (including phenoxy) is 1. The molecule has 1 aliphatic rings. The summed E-state index contributed by atoms with van der Waals surface area (Å²) < 4.78 is 6.96. The number of hydrogen-bond donors (Lipinski definition) is 1. The molecule has 0 aliphatic carbocycles. The molecular formula is C22H26Cl2N4O4S. The standard InChI is InChI=1S/C22H24N4O4S.2ClH/c27-19(5-6-20(28)29)16-1-3-17(4-2-16)30-13-12-25-8-10-26(11-9-25)22-21-18(7-14-31-21)23-15-24-22;;/h1-4,7,14-15H,5-6,8-13H2,(H,28,29);2*1H. The second kappa shape index (κ2) is 12.7. The van der Waals surface area contributed by atoms with Crippen LogP contribution < -0.4 is 9.64 Å². The Morgan fingerprint density at radius 3 is 2.42 bits per heavy atom. The van der Waals surface area contributed by atoms with Gasteiger partial charge >= 0.3 is 5.97 Å². The summed E-state index contributed by atoms with van der Waals surface area (Å²) in [5.74, 6) is 0.588. The van der Waals surface area contributed by atoms with Crippen molar-refractivity contribution in [3.8, 4) is 5.75 Å². The zero-order valence-corrected chi connectivity index (χ0v) is 20.3. The molecule has 0 spiro atoms. The summed E-state index contributed by atoms with van der Waals surface area (Å²) in [5, 5.41) is 10.7. The maximum atomic E-state index is 11.9. The second-order valence-electron chi connectivity index (χ2n) is 7.35. The summed E-state index contributed by atoms with van der Waals surface area (Å²) in [6.07, 6.45) is 1.49. The van der Waals surface area contributed by atoms with Crippen molar-refractivity contribution in [2.24, 2.45) is 0 Å². The molecule has 0 saturated carbocycles. The average Bonchev–Trinajstić information content (AvgIpc) is 3.27. The highest BCUT2D eigenvalue weighted by molar-refractivity contribution is 7.17. The predicted molar refractivity (Wildman–Crippen MR) is 134 cm³/mol. The van der Waals surface area contributed by atoms with Crippen molar-refractivity contribution in [1.29, 1.82) is 0 Å². The molecule has 2 aromatic heterocycles. The number of aromatic nitrogens is 2. The van der Waals surface area contributed by atoms with Gasteiger partial charge in [-0.2, -0.15) is 0 Å². The molecule has 1 saturated heterocycles. The summed E-state index contributed by atoms with van der Waals surface area (Å²) >= 11 is 1.68. The maximum absolute atomic E-state index is 11.9. The Labute approximate surface area is 208 Å². The number of hydrogen-bond acceptors (Lipinski definition) is 8. The molecule has 3 heterocycles. The van der Waals surface area contributed by atoms with Crippen LogP contribution in [0.4, 0.5) is 5.82 Å². The van der Waals surface area contributed by atoms with E-state index >= 15 is 0 Å². The van der Waals surface area contributed by atoms with Crippen molar-refractivity contribution < 1.29 is 19.4 Å². The summed E-state index contributed by atoms with van der Waals surface area (Å²) in [4.78, 5) is 36.0. The Hall–Kier alpha value is -2.46. The van der Waals surface area contributed by atoms with Crippen LogP contribution in [0.15, 0.2) is 42.0 Å². The molecule has 3 aromatic rings. The molecule has 178 valence electrons. The van der Waals surface area contributed by atoms with Gasteiger partial charge in [0.2, 0.25) is 0 Å². The van der Waals surface area contributed by atoms with Crippen molar-refractivity contribution in [3.05, 3.63) is 47.6 Å². The van der Waals surface area contributed by atoms with Crippen LogP contribution >= 0.6 is 36.2 Å². The number of nitrogens with zero attached hydrogens (tertiary/aromatic N) is 4. The zero-order chi connectivity index (χ0) is 21.6. The minimum Gasteiger partial charge on any atom is -0.492 e. The summed E-state index contributed by atoms with van der Waals surface area (Å²) in [5.41, 5.74) is 1.51. The van der Waals surface area contributed by atoms with E-state index < -0.39 is 5.97 Å². The highest BCUT2D eigenvalue weighted by atomic mass is 35.5. The molecule has 11 heteroatoms. The minimum atomic E-state index is -0.967. The van der Waals surface area contributed by atoms with Crippen LogP contribution in [0, 0.1) is 0 Å². The van der Waals surface area contributed by atoms with Gasteiger partial charge in [0.25, 0.3) is 0 Å². The average molecular weight is 513 g/mol. The molecule has 8 nitrogen and oxygen atoms in total. The molecule has 0 bridgehead atoms. The zero-order valence-electron chi connectivity index (χ0n) is 17.9. The molecule has 0 amide bonds. The van der Waals surface area contributed by atoms with Crippen molar-refractivity contribution in [2.45, 2.75) is 12.8 Å². The Balaban J connectivity index is 0.00000193. The first-order chi connectivity index (χ1) is 15.1. The third-order valence-electron chi connectivity index (χ3n) is 5.31. The molecule has 1 fully saturated rings. The van der Waals surface area contributed by atoms with Crippen LogP contribution in [0.25, 0.3) is 10.2 Å². The van der Waals surface area contributed by atoms with Crippen LogP contribution in [-0.4, -0.2) is 71.1 Å². The number of rotatable bonds is 9. The van der Waals surface area contributed by atoms with Gasteiger partial charge in [0.15, 0.2) is 5.78 Å². The van der Waals surface area contributed by atoms with Crippen LogP contribution in [-0.2, 0) is 4.79 Å². The fourth-order valence-corrected chi connectivity index (χ4v) is 4.44. The van der Waals surface area contributed by atoms with Crippen molar-refractivity contribution >= 4 is 63.9 Å². The van der Waals surface area contributed by atoms with Gasteiger partial charge in [0.05, 0.1) is 16.6 Å². The van der Waals surface area contributed by atoms with Crippen LogP contribution in [0.1, 0.15) is 23.2 Å². The highest BCUT2D eigenvalue weighted by Gasteiger charge is 2.20. The molecule has 0 unspecified atom stereocenters. The number of thiophene rings is 1. The Bertz CT molecular complexity index is 1060. The number of benzene rings is 1. The number of Topliss-reactive ketones (excluding diaryl/α,β-unsaturated/α-hetero) is 1. The molecule has 1 aromatic carbocycles. The quantitative estimate of drug-likeness (QED) is 0.432. The summed E-state index contributed by atoms with van der Waals surface area (Å²) in [7, 11) is 0. The number of anilines is 1. The van der Waals surface area contributed by atoms with Crippen LogP contribution in [0.5, 0.6) is 5.75 Å².